The van der Waals surface area contributed by atoms with Gasteiger partial charge in [0.25, 0.3) is 0 Å². The molecule has 0 aliphatic heterocycles. The second-order valence-corrected chi connectivity index (χ2v) is 4.75. The number of nitrogens with zero attached hydrogens (tertiary/aromatic N) is 1. The highest BCUT2D eigenvalue weighted by Crippen LogP contribution is 2.22. The molecule has 5 heteroatoms. The SMILES string of the molecule is Cc1ccc(C(=O)c2cc(C(=O)O)n(C)c2)c(Cl)c1. The first kappa shape index (κ1) is 13.4. The molecule has 0 aliphatic rings. The second kappa shape index (κ2) is 4.90. The molecule has 0 atom stereocenters. The van der Waals surface area contributed by atoms with Gasteiger partial charge in [-0.15, -0.1) is 0 Å². The number of carbonyl (C=O) groups is 2. The van der Waals surface area contributed by atoms with E-state index in [1.807, 2.05) is 6.92 Å². The molecule has 0 spiro atoms. The number of halogens is 1. The van der Waals surface area contributed by atoms with Gasteiger partial charge in [0.2, 0.25) is 0 Å². The Labute approximate surface area is 115 Å². The van der Waals surface area contributed by atoms with Gasteiger partial charge in [0.15, 0.2) is 5.78 Å². The van der Waals surface area contributed by atoms with Crippen LogP contribution in [-0.4, -0.2) is 21.4 Å². The number of ketones is 1. The van der Waals surface area contributed by atoms with Crippen molar-refractivity contribution in [1.82, 2.24) is 4.57 Å². The minimum atomic E-state index is -1.07. The molecule has 0 saturated carbocycles. The molecule has 0 radical (unpaired) electrons. The molecule has 98 valence electrons. The van der Waals surface area contributed by atoms with E-state index in [0.29, 0.717) is 16.1 Å². The standard InChI is InChI=1S/C14H12ClNO3/c1-8-3-4-10(11(15)5-8)13(17)9-6-12(14(18)19)16(2)7-9/h3-7H,1-2H3,(H,18,19). The number of aromatic nitrogens is 1. The van der Waals surface area contributed by atoms with Crippen LogP contribution in [0, 0.1) is 6.92 Å². The van der Waals surface area contributed by atoms with Gasteiger partial charge in [0.1, 0.15) is 5.69 Å². The third-order valence-electron chi connectivity index (χ3n) is 2.86. The van der Waals surface area contributed by atoms with Gasteiger partial charge >= 0.3 is 5.97 Å². The van der Waals surface area contributed by atoms with E-state index in [1.54, 1.807) is 25.2 Å². The summed E-state index contributed by atoms with van der Waals surface area (Å²) < 4.78 is 1.40. The van der Waals surface area contributed by atoms with Crippen LogP contribution in [0.25, 0.3) is 0 Å². The molecular weight excluding hydrogens is 266 g/mol. The molecule has 0 bridgehead atoms. The lowest BCUT2D eigenvalue weighted by Gasteiger charge is -2.02. The smallest absolute Gasteiger partial charge is 0.352 e. The number of hydrogen-bond donors (Lipinski definition) is 1. The summed E-state index contributed by atoms with van der Waals surface area (Å²) in [6.45, 7) is 1.88. The van der Waals surface area contributed by atoms with Crippen molar-refractivity contribution in [2.24, 2.45) is 7.05 Å². The second-order valence-electron chi connectivity index (χ2n) is 4.34. The predicted molar refractivity (Wildman–Crippen MR) is 72.0 cm³/mol. The number of carboxylic acids is 1. The van der Waals surface area contributed by atoms with Crippen molar-refractivity contribution in [2.45, 2.75) is 6.92 Å². The fourth-order valence-electron chi connectivity index (χ4n) is 1.86. The van der Waals surface area contributed by atoms with E-state index >= 15 is 0 Å². The van der Waals surface area contributed by atoms with E-state index in [9.17, 15) is 9.59 Å². The molecule has 2 rings (SSSR count). The van der Waals surface area contributed by atoms with Crippen molar-refractivity contribution in [3.8, 4) is 0 Å². The number of rotatable bonds is 3. The highest BCUT2D eigenvalue weighted by Gasteiger charge is 2.18. The summed E-state index contributed by atoms with van der Waals surface area (Å²) in [6.07, 6.45) is 1.49. The van der Waals surface area contributed by atoms with Gasteiger partial charge in [0, 0.05) is 24.4 Å². The molecule has 0 fully saturated rings. The van der Waals surface area contributed by atoms with E-state index < -0.39 is 5.97 Å². The first-order chi connectivity index (χ1) is 8.90. The summed E-state index contributed by atoms with van der Waals surface area (Å²) in [6, 6.07) is 6.49. The van der Waals surface area contributed by atoms with E-state index in [4.69, 9.17) is 16.7 Å². The Balaban J connectivity index is 2.44. The lowest BCUT2D eigenvalue weighted by molar-refractivity contribution is 0.0686. The first-order valence-electron chi connectivity index (χ1n) is 5.60. The maximum Gasteiger partial charge on any atom is 0.352 e. The van der Waals surface area contributed by atoms with Gasteiger partial charge in [-0.3, -0.25) is 4.79 Å². The average Bonchev–Trinajstić information content (AvgIpc) is 2.70. The van der Waals surface area contributed by atoms with Gasteiger partial charge in [-0.2, -0.15) is 0 Å². The van der Waals surface area contributed by atoms with Crippen LogP contribution in [0.15, 0.2) is 30.5 Å². The maximum absolute atomic E-state index is 12.3. The van der Waals surface area contributed by atoms with Crippen LogP contribution in [0.3, 0.4) is 0 Å². The fourth-order valence-corrected chi connectivity index (χ4v) is 2.18. The molecule has 4 nitrogen and oxygen atoms in total. The summed E-state index contributed by atoms with van der Waals surface area (Å²) in [5.74, 6) is -1.36. The van der Waals surface area contributed by atoms with Crippen molar-refractivity contribution in [3.63, 3.8) is 0 Å². The summed E-state index contributed by atoms with van der Waals surface area (Å²) in [7, 11) is 1.58. The molecule has 0 unspecified atom stereocenters. The third kappa shape index (κ3) is 2.53. The van der Waals surface area contributed by atoms with Crippen LogP contribution >= 0.6 is 11.6 Å². The zero-order chi connectivity index (χ0) is 14.2. The Morgan fingerprint density at radius 2 is 1.95 bits per heavy atom. The molecule has 1 aromatic carbocycles. The lowest BCUT2D eigenvalue weighted by atomic mass is 10.0. The van der Waals surface area contributed by atoms with Gasteiger partial charge in [-0.1, -0.05) is 17.7 Å². The molecule has 0 amide bonds. The highest BCUT2D eigenvalue weighted by molar-refractivity contribution is 6.35. The largest absolute Gasteiger partial charge is 0.477 e. The predicted octanol–water partition coefficient (Wildman–Crippen LogP) is 2.92. The van der Waals surface area contributed by atoms with Gasteiger partial charge in [-0.25, -0.2) is 4.79 Å². The summed E-state index contributed by atoms with van der Waals surface area (Å²) in [5, 5.41) is 9.33. The van der Waals surface area contributed by atoms with Crippen LogP contribution in [0.4, 0.5) is 0 Å². The molecular formula is C14H12ClNO3. The van der Waals surface area contributed by atoms with Crippen LogP contribution in [0.1, 0.15) is 32.0 Å². The van der Waals surface area contributed by atoms with Crippen LogP contribution < -0.4 is 0 Å². The Morgan fingerprint density at radius 1 is 1.26 bits per heavy atom. The van der Waals surface area contributed by atoms with E-state index in [1.165, 1.54) is 16.8 Å². The lowest BCUT2D eigenvalue weighted by Crippen LogP contribution is -2.02. The summed E-state index contributed by atoms with van der Waals surface area (Å²) in [5.41, 5.74) is 1.70. The quantitative estimate of drug-likeness (QED) is 0.878. The Hall–Kier alpha value is -2.07. The number of aryl methyl sites for hydroxylation is 2. The first-order valence-corrected chi connectivity index (χ1v) is 5.98. The topological polar surface area (TPSA) is 59.3 Å². The number of carboxylic acid groups (broad SMARTS) is 1. The third-order valence-corrected chi connectivity index (χ3v) is 3.17. The van der Waals surface area contributed by atoms with Crippen LogP contribution in [0.5, 0.6) is 0 Å². The summed E-state index contributed by atoms with van der Waals surface area (Å²) >= 11 is 6.04. The van der Waals surface area contributed by atoms with E-state index in [2.05, 4.69) is 0 Å². The average molecular weight is 278 g/mol. The molecule has 19 heavy (non-hydrogen) atoms. The normalized spacial score (nSPS) is 10.5. The number of benzene rings is 1. The highest BCUT2D eigenvalue weighted by atomic mass is 35.5. The van der Waals surface area contributed by atoms with Crippen molar-refractivity contribution >= 4 is 23.4 Å². The van der Waals surface area contributed by atoms with Crippen LogP contribution in [0.2, 0.25) is 5.02 Å². The number of hydrogen-bond acceptors (Lipinski definition) is 2. The molecule has 1 N–H and O–H groups in total. The maximum atomic E-state index is 12.3. The van der Waals surface area contributed by atoms with E-state index in [0.717, 1.165) is 5.56 Å². The fraction of sp³-hybridized carbons (Fsp3) is 0.143. The monoisotopic (exact) mass is 277 g/mol. The van der Waals surface area contributed by atoms with Crippen molar-refractivity contribution in [2.75, 3.05) is 0 Å². The minimum Gasteiger partial charge on any atom is -0.477 e. The zero-order valence-corrected chi connectivity index (χ0v) is 11.2. The van der Waals surface area contributed by atoms with E-state index in [-0.39, 0.29) is 11.5 Å². The minimum absolute atomic E-state index is 0.0617. The zero-order valence-electron chi connectivity index (χ0n) is 10.5. The summed E-state index contributed by atoms with van der Waals surface area (Å²) in [4.78, 5) is 23.2. The van der Waals surface area contributed by atoms with Gasteiger partial charge in [-0.05, 0) is 30.7 Å². The molecule has 2 aromatic rings. The van der Waals surface area contributed by atoms with Gasteiger partial charge in [0.05, 0.1) is 5.02 Å². The molecule has 0 aliphatic carbocycles. The van der Waals surface area contributed by atoms with Crippen molar-refractivity contribution in [1.29, 1.82) is 0 Å². The Kier molecular flexibility index (Phi) is 3.44. The number of carbonyl (C=O) groups excluding carboxylic acids is 1. The Morgan fingerprint density at radius 3 is 2.47 bits per heavy atom. The van der Waals surface area contributed by atoms with Crippen molar-refractivity contribution < 1.29 is 14.7 Å². The van der Waals surface area contributed by atoms with Crippen LogP contribution in [-0.2, 0) is 7.05 Å². The molecule has 0 saturated heterocycles. The van der Waals surface area contributed by atoms with Gasteiger partial charge < -0.3 is 9.67 Å². The molecule has 1 heterocycles. The Bertz CT molecular complexity index is 673. The molecule has 1 aromatic heterocycles. The number of aromatic carboxylic acids is 1. The van der Waals surface area contributed by atoms with Crippen molar-refractivity contribution in [3.05, 3.63) is 57.9 Å².